The number of hydrogen-bond acceptors (Lipinski definition) is 5. The zero-order chi connectivity index (χ0) is 13.7. The normalized spacial score (nSPS) is 12.3. The third-order valence-corrected chi connectivity index (χ3v) is 2.83. The average Bonchev–Trinajstić information content (AvgIpc) is 2.88. The third-order valence-electron chi connectivity index (χ3n) is 2.83. The summed E-state index contributed by atoms with van der Waals surface area (Å²) in [6, 6.07) is 3.60. The highest BCUT2D eigenvalue weighted by molar-refractivity contribution is 5.76. The molecule has 19 heavy (non-hydrogen) atoms. The van der Waals surface area contributed by atoms with E-state index in [0.717, 1.165) is 5.56 Å². The second-order valence-corrected chi connectivity index (χ2v) is 4.09. The number of nitrogens with one attached hydrogen (secondary N) is 1. The largest absolute Gasteiger partial charge is 0.496 e. The summed E-state index contributed by atoms with van der Waals surface area (Å²) < 4.78 is 15.8. The van der Waals surface area contributed by atoms with E-state index in [-0.39, 0.29) is 25.9 Å². The molecule has 0 atom stereocenters. The van der Waals surface area contributed by atoms with Gasteiger partial charge in [-0.25, -0.2) is 0 Å². The van der Waals surface area contributed by atoms with Gasteiger partial charge in [-0.15, -0.1) is 0 Å². The van der Waals surface area contributed by atoms with E-state index in [1.807, 2.05) is 6.07 Å². The fourth-order valence-corrected chi connectivity index (χ4v) is 1.88. The summed E-state index contributed by atoms with van der Waals surface area (Å²) in [4.78, 5) is 11.5. The van der Waals surface area contributed by atoms with Gasteiger partial charge >= 0.3 is 0 Å². The van der Waals surface area contributed by atoms with Crippen LogP contribution in [0.3, 0.4) is 0 Å². The Kier molecular flexibility index (Phi) is 4.46. The van der Waals surface area contributed by atoms with Crippen molar-refractivity contribution in [1.29, 1.82) is 0 Å². The lowest BCUT2D eigenvalue weighted by molar-refractivity contribution is -0.121. The van der Waals surface area contributed by atoms with Gasteiger partial charge in [-0.3, -0.25) is 4.79 Å². The van der Waals surface area contributed by atoms with Crippen molar-refractivity contribution in [2.24, 2.45) is 0 Å². The maximum atomic E-state index is 11.5. The highest BCUT2D eigenvalue weighted by atomic mass is 16.7. The highest BCUT2D eigenvalue weighted by Crippen LogP contribution is 2.38. The molecular formula is C13H17NO5. The van der Waals surface area contributed by atoms with Crippen molar-refractivity contribution in [2.45, 2.75) is 12.8 Å². The number of aliphatic hydroxyl groups is 1. The van der Waals surface area contributed by atoms with Crippen molar-refractivity contribution in [3.05, 3.63) is 17.7 Å². The Hall–Kier alpha value is -1.95. The van der Waals surface area contributed by atoms with E-state index >= 15 is 0 Å². The molecule has 0 spiro atoms. The average molecular weight is 267 g/mol. The van der Waals surface area contributed by atoms with E-state index < -0.39 is 0 Å². The van der Waals surface area contributed by atoms with Gasteiger partial charge in [0, 0.05) is 19.0 Å². The summed E-state index contributed by atoms with van der Waals surface area (Å²) in [7, 11) is 1.58. The quantitative estimate of drug-likeness (QED) is 0.783. The fourth-order valence-electron chi connectivity index (χ4n) is 1.88. The standard InChI is InChI=1S/C13H17NO5/c1-17-10-7-12-11(18-8-19-12)6-9(10)2-3-13(16)14-4-5-15/h6-7,15H,2-5,8H2,1H3,(H,14,16). The van der Waals surface area contributed by atoms with Crippen LogP contribution in [0, 0.1) is 0 Å². The van der Waals surface area contributed by atoms with Gasteiger partial charge in [0.05, 0.1) is 13.7 Å². The summed E-state index contributed by atoms with van der Waals surface area (Å²) in [6.45, 7) is 0.426. The van der Waals surface area contributed by atoms with Gasteiger partial charge in [-0.1, -0.05) is 0 Å². The summed E-state index contributed by atoms with van der Waals surface area (Å²) >= 11 is 0. The van der Waals surface area contributed by atoms with Crippen molar-refractivity contribution in [2.75, 3.05) is 27.1 Å². The monoisotopic (exact) mass is 267 g/mol. The molecule has 104 valence electrons. The smallest absolute Gasteiger partial charge is 0.231 e. The van der Waals surface area contributed by atoms with Crippen molar-refractivity contribution in [3.63, 3.8) is 0 Å². The minimum atomic E-state index is -0.103. The van der Waals surface area contributed by atoms with E-state index in [4.69, 9.17) is 19.3 Å². The van der Waals surface area contributed by atoms with Gasteiger partial charge in [0.2, 0.25) is 12.7 Å². The number of ether oxygens (including phenoxy) is 3. The number of hydrogen-bond donors (Lipinski definition) is 2. The lowest BCUT2D eigenvalue weighted by Crippen LogP contribution is -2.26. The van der Waals surface area contributed by atoms with Gasteiger partial charge < -0.3 is 24.6 Å². The predicted octanol–water partition coefficient (Wildman–Crippen LogP) is 0.465. The van der Waals surface area contributed by atoms with E-state index in [2.05, 4.69) is 5.32 Å². The number of aryl methyl sites for hydroxylation is 1. The molecule has 0 fully saturated rings. The molecule has 1 amide bonds. The first-order chi connectivity index (χ1) is 9.24. The van der Waals surface area contributed by atoms with E-state index in [0.29, 0.717) is 30.1 Å². The summed E-state index contributed by atoms with van der Waals surface area (Å²) in [5.41, 5.74) is 0.894. The van der Waals surface area contributed by atoms with Gasteiger partial charge in [-0.05, 0) is 18.1 Å². The van der Waals surface area contributed by atoms with Gasteiger partial charge in [0.15, 0.2) is 11.5 Å². The molecule has 1 aromatic rings. The molecule has 2 rings (SSSR count). The van der Waals surface area contributed by atoms with Crippen molar-refractivity contribution in [1.82, 2.24) is 5.32 Å². The van der Waals surface area contributed by atoms with E-state index in [1.165, 1.54) is 0 Å². The van der Waals surface area contributed by atoms with Crippen LogP contribution < -0.4 is 19.5 Å². The van der Waals surface area contributed by atoms with Crippen LogP contribution >= 0.6 is 0 Å². The molecule has 1 aliphatic heterocycles. The molecule has 6 nitrogen and oxygen atoms in total. The molecular weight excluding hydrogens is 250 g/mol. The summed E-state index contributed by atoms with van der Waals surface area (Å²) in [5, 5.41) is 11.2. The molecule has 1 aliphatic rings. The number of aliphatic hydroxyl groups excluding tert-OH is 1. The van der Waals surface area contributed by atoms with Crippen LogP contribution in [0.4, 0.5) is 0 Å². The Bertz CT molecular complexity index is 461. The Morgan fingerprint density at radius 3 is 2.84 bits per heavy atom. The summed E-state index contributed by atoms with van der Waals surface area (Å²) in [6.07, 6.45) is 0.868. The Labute approximate surface area is 111 Å². The molecule has 0 radical (unpaired) electrons. The zero-order valence-electron chi connectivity index (χ0n) is 10.8. The minimum absolute atomic E-state index is 0.0565. The lowest BCUT2D eigenvalue weighted by atomic mass is 10.1. The Balaban J connectivity index is 2.01. The second kappa shape index (κ2) is 6.29. The van der Waals surface area contributed by atoms with Crippen LogP contribution in [0.15, 0.2) is 12.1 Å². The first kappa shape index (κ1) is 13.5. The number of benzene rings is 1. The first-order valence-electron chi connectivity index (χ1n) is 6.08. The third kappa shape index (κ3) is 3.29. The minimum Gasteiger partial charge on any atom is -0.496 e. The van der Waals surface area contributed by atoms with Crippen LogP contribution in [-0.2, 0) is 11.2 Å². The van der Waals surface area contributed by atoms with Crippen LogP contribution in [0.2, 0.25) is 0 Å². The van der Waals surface area contributed by atoms with Gasteiger partial charge in [0.1, 0.15) is 5.75 Å². The van der Waals surface area contributed by atoms with E-state index in [1.54, 1.807) is 13.2 Å². The molecule has 0 aliphatic carbocycles. The number of carbonyl (C=O) groups is 1. The number of methoxy groups -OCH3 is 1. The Morgan fingerprint density at radius 1 is 1.42 bits per heavy atom. The molecule has 1 aromatic carbocycles. The second-order valence-electron chi connectivity index (χ2n) is 4.09. The first-order valence-corrected chi connectivity index (χ1v) is 6.08. The molecule has 1 heterocycles. The SMILES string of the molecule is COc1cc2c(cc1CCC(=O)NCCO)OCO2. The van der Waals surface area contributed by atoms with Gasteiger partial charge in [0.25, 0.3) is 0 Å². The maximum Gasteiger partial charge on any atom is 0.231 e. The van der Waals surface area contributed by atoms with Crippen LogP contribution in [-0.4, -0.2) is 38.1 Å². The summed E-state index contributed by atoms with van der Waals surface area (Å²) in [5.74, 6) is 1.91. The van der Waals surface area contributed by atoms with Crippen LogP contribution in [0.5, 0.6) is 17.2 Å². The predicted molar refractivity (Wildman–Crippen MR) is 67.5 cm³/mol. The number of fused-ring (bicyclic) bond motifs is 1. The van der Waals surface area contributed by atoms with E-state index in [9.17, 15) is 4.79 Å². The molecule has 6 heteroatoms. The molecule has 0 unspecified atom stereocenters. The zero-order valence-corrected chi connectivity index (χ0v) is 10.8. The van der Waals surface area contributed by atoms with Crippen molar-refractivity contribution >= 4 is 5.91 Å². The molecule has 0 saturated heterocycles. The number of amides is 1. The molecule has 0 bridgehead atoms. The fraction of sp³-hybridized carbons (Fsp3) is 0.462. The Morgan fingerprint density at radius 2 is 2.16 bits per heavy atom. The van der Waals surface area contributed by atoms with Crippen molar-refractivity contribution < 1.29 is 24.1 Å². The lowest BCUT2D eigenvalue weighted by Gasteiger charge is -2.10. The molecule has 0 saturated carbocycles. The molecule has 0 aromatic heterocycles. The van der Waals surface area contributed by atoms with Crippen molar-refractivity contribution in [3.8, 4) is 17.2 Å². The topological polar surface area (TPSA) is 77.0 Å². The van der Waals surface area contributed by atoms with Crippen LogP contribution in [0.1, 0.15) is 12.0 Å². The maximum absolute atomic E-state index is 11.5. The van der Waals surface area contributed by atoms with Crippen LogP contribution in [0.25, 0.3) is 0 Å². The number of rotatable bonds is 6. The number of carbonyl (C=O) groups excluding carboxylic acids is 1. The molecule has 2 N–H and O–H groups in total. The highest BCUT2D eigenvalue weighted by Gasteiger charge is 2.18. The van der Waals surface area contributed by atoms with Gasteiger partial charge in [-0.2, -0.15) is 0 Å².